The molecule has 1 heterocycles. The van der Waals surface area contributed by atoms with Gasteiger partial charge >= 0.3 is 6.03 Å². The molecule has 34 heavy (non-hydrogen) atoms. The summed E-state index contributed by atoms with van der Waals surface area (Å²) in [6, 6.07) is 20.5. The standard InChI is InChI=1S/C26H24BrFN4O2/c1-16(15-17-11-13-18(27)14-12-17)29-26(34)31-24-25(33)32(2)22-10-6-4-8-20(22)23(30-24)19-7-3-5-9-21(19)28/h3-14,16,24H,15H2,1-2H3,(H2,29,31,34). The number of benzodiazepines with no additional fused rings is 1. The van der Waals surface area contributed by atoms with Gasteiger partial charge in [-0.15, -0.1) is 0 Å². The highest BCUT2D eigenvalue weighted by molar-refractivity contribution is 9.10. The van der Waals surface area contributed by atoms with Gasteiger partial charge in [-0.1, -0.05) is 58.4 Å². The van der Waals surface area contributed by atoms with E-state index in [1.54, 1.807) is 49.5 Å². The van der Waals surface area contributed by atoms with Crippen molar-refractivity contribution in [2.45, 2.75) is 25.6 Å². The van der Waals surface area contributed by atoms with E-state index < -0.39 is 23.9 Å². The van der Waals surface area contributed by atoms with Crippen LogP contribution in [0, 0.1) is 5.82 Å². The van der Waals surface area contributed by atoms with Gasteiger partial charge in [-0.25, -0.2) is 14.2 Å². The molecule has 3 aromatic carbocycles. The largest absolute Gasteiger partial charge is 0.335 e. The molecule has 0 spiro atoms. The number of rotatable bonds is 5. The van der Waals surface area contributed by atoms with Gasteiger partial charge in [-0.3, -0.25) is 4.79 Å². The van der Waals surface area contributed by atoms with Crippen molar-refractivity contribution in [2.75, 3.05) is 11.9 Å². The van der Waals surface area contributed by atoms with Gasteiger partial charge in [0.1, 0.15) is 5.82 Å². The van der Waals surface area contributed by atoms with E-state index in [1.807, 2.05) is 31.2 Å². The Labute approximate surface area is 206 Å². The average molecular weight is 523 g/mol. The van der Waals surface area contributed by atoms with Crippen molar-refractivity contribution in [1.29, 1.82) is 0 Å². The molecular weight excluding hydrogens is 499 g/mol. The van der Waals surface area contributed by atoms with Crippen LogP contribution in [0.3, 0.4) is 0 Å². The zero-order valence-electron chi connectivity index (χ0n) is 18.8. The maximum absolute atomic E-state index is 14.7. The molecule has 0 radical (unpaired) electrons. The summed E-state index contributed by atoms with van der Waals surface area (Å²) in [6.07, 6.45) is -0.596. The molecule has 1 aliphatic rings. The number of likely N-dealkylation sites (N-methyl/N-ethyl adjacent to an activating group) is 1. The lowest BCUT2D eigenvalue weighted by Crippen LogP contribution is -2.51. The number of carbonyl (C=O) groups is 2. The first-order valence-electron chi connectivity index (χ1n) is 10.8. The highest BCUT2D eigenvalue weighted by Crippen LogP contribution is 2.28. The van der Waals surface area contributed by atoms with Crippen molar-refractivity contribution in [1.82, 2.24) is 10.6 Å². The van der Waals surface area contributed by atoms with Crippen LogP contribution in [0.2, 0.25) is 0 Å². The Morgan fingerprint density at radius 2 is 1.71 bits per heavy atom. The number of para-hydroxylation sites is 1. The molecule has 6 nitrogen and oxygen atoms in total. The van der Waals surface area contributed by atoms with Crippen LogP contribution in [0.15, 0.2) is 82.3 Å². The summed E-state index contributed by atoms with van der Waals surface area (Å²) in [5, 5.41) is 5.52. The van der Waals surface area contributed by atoms with Crippen molar-refractivity contribution >= 4 is 39.3 Å². The molecule has 1 aliphatic heterocycles. The number of fused-ring (bicyclic) bond motifs is 1. The third-order valence-corrected chi connectivity index (χ3v) is 6.10. The van der Waals surface area contributed by atoms with Crippen LogP contribution in [0.5, 0.6) is 0 Å². The smallest absolute Gasteiger partial charge is 0.317 e. The number of anilines is 1. The minimum Gasteiger partial charge on any atom is -0.335 e. The minimum absolute atomic E-state index is 0.188. The number of benzene rings is 3. The summed E-state index contributed by atoms with van der Waals surface area (Å²) < 4.78 is 15.7. The van der Waals surface area contributed by atoms with Crippen molar-refractivity contribution in [3.05, 3.63) is 99.8 Å². The third-order valence-electron chi connectivity index (χ3n) is 5.57. The molecular formula is C26H24BrFN4O2. The second-order valence-corrected chi connectivity index (χ2v) is 9.04. The molecule has 2 atom stereocenters. The van der Waals surface area contributed by atoms with Crippen LogP contribution >= 0.6 is 15.9 Å². The maximum atomic E-state index is 14.7. The molecule has 0 aromatic heterocycles. The van der Waals surface area contributed by atoms with E-state index in [0.29, 0.717) is 23.4 Å². The molecule has 0 bridgehead atoms. The zero-order valence-corrected chi connectivity index (χ0v) is 20.3. The molecule has 4 rings (SSSR count). The number of hydrogen-bond donors (Lipinski definition) is 2. The van der Waals surface area contributed by atoms with E-state index in [4.69, 9.17) is 0 Å². The Kier molecular flexibility index (Phi) is 7.07. The summed E-state index contributed by atoms with van der Waals surface area (Å²) in [5.41, 5.74) is 2.82. The Morgan fingerprint density at radius 1 is 1.06 bits per heavy atom. The van der Waals surface area contributed by atoms with Gasteiger partial charge in [0.2, 0.25) is 6.17 Å². The Bertz CT molecular complexity index is 1250. The van der Waals surface area contributed by atoms with Crippen molar-refractivity contribution < 1.29 is 14.0 Å². The molecule has 0 fully saturated rings. The highest BCUT2D eigenvalue weighted by atomic mass is 79.9. The minimum atomic E-state index is -1.22. The molecule has 0 saturated heterocycles. The summed E-state index contributed by atoms with van der Waals surface area (Å²) >= 11 is 3.41. The number of hydrogen-bond acceptors (Lipinski definition) is 3. The molecule has 3 aromatic rings. The van der Waals surface area contributed by atoms with Crippen LogP contribution in [0.4, 0.5) is 14.9 Å². The summed E-state index contributed by atoms with van der Waals surface area (Å²) in [5.74, 6) is -0.881. The first-order valence-corrected chi connectivity index (χ1v) is 11.6. The van der Waals surface area contributed by atoms with Gasteiger partial charge in [0.25, 0.3) is 5.91 Å². The Hall–Kier alpha value is -3.52. The van der Waals surface area contributed by atoms with Crippen LogP contribution in [-0.2, 0) is 11.2 Å². The van der Waals surface area contributed by atoms with Crippen molar-refractivity contribution in [3.63, 3.8) is 0 Å². The van der Waals surface area contributed by atoms with Gasteiger partial charge in [-0.2, -0.15) is 0 Å². The quantitative estimate of drug-likeness (QED) is 0.511. The lowest BCUT2D eigenvalue weighted by molar-refractivity contribution is -0.119. The highest BCUT2D eigenvalue weighted by Gasteiger charge is 2.31. The first kappa shape index (κ1) is 23.6. The normalized spacial score (nSPS) is 16.2. The van der Waals surface area contributed by atoms with Gasteiger partial charge in [0, 0.05) is 28.7 Å². The second-order valence-electron chi connectivity index (χ2n) is 8.12. The van der Waals surface area contributed by atoms with E-state index in [9.17, 15) is 14.0 Å². The number of nitrogens with one attached hydrogen (secondary N) is 2. The lowest BCUT2D eigenvalue weighted by atomic mass is 10.00. The number of amides is 3. The molecule has 2 N–H and O–H groups in total. The topological polar surface area (TPSA) is 73.8 Å². The van der Waals surface area contributed by atoms with E-state index >= 15 is 0 Å². The van der Waals surface area contributed by atoms with Crippen LogP contribution in [-0.4, -0.2) is 36.9 Å². The molecule has 8 heteroatoms. The maximum Gasteiger partial charge on any atom is 0.317 e. The first-order chi connectivity index (χ1) is 16.3. The van der Waals surface area contributed by atoms with Crippen LogP contribution < -0.4 is 15.5 Å². The van der Waals surface area contributed by atoms with Crippen molar-refractivity contribution in [3.8, 4) is 0 Å². The van der Waals surface area contributed by atoms with Gasteiger partial charge in [0.15, 0.2) is 0 Å². The molecule has 0 saturated carbocycles. The molecule has 3 amide bonds. The SMILES string of the molecule is CC(Cc1ccc(Br)cc1)NC(=O)NC1N=C(c2ccccc2F)c2ccccc2N(C)C1=O. The second kappa shape index (κ2) is 10.2. The summed E-state index contributed by atoms with van der Waals surface area (Å²) in [4.78, 5) is 31.9. The molecule has 174 valence electrons. The summed E-state index contributed by atoms with van der Waals surface area (Å²) in [7, 11) is 1.61. The van der Waals surface area contributed by atoms with Gasteiger partial charge < -0.3 is 15.5 Å². The van der Waals surface area contributed by atoms with Gasteiger partial charge in [-0.05, 0) is 49.2 Å². The number of carbonyl (C=O) groups excluding carboxylic acids is 2. The fourth-order valence-corrected chi connectivity index (χ4v) is 4.16. The Morgan fingerprint density at radius 3 is 2.41 bits per heavy atom. The molecule has 0 aliphatic carbocycles. The van der Waals surface area contributed by atoms with Gasteiger partial charge in [0.05, 0.1) is 11.4 Å². The number of urea groups is 1. The zero-order chi connectivity index (χ0) is 24.2. The van der Waals surface area contributed by atoms with E-state index in [0.717, 1.165) is 10.0 Å². The fraction of sp³-hybridized carbons (Fsp3) is 0.192. The number of halogens is 2. The van der Waals surface area contributed by atoms with Crippen LogP contribution in [0.1, 0.15) is 23.6 Å². The molecule has 2 unspecified atom stereocenters. The summed E-state index contributed by atoms with van der Waals surface area (Å²) in [6.45, 7) is 1.88. The predicted octanol–water partition coefficient (Wildman–Crippen LogP) is 4.66. The fourth-order valence-electron chi connectivity index (χ4n) is 3.90. The van der Waals surface area contributed by atoms with E-state index in [1.165, 1.54) is 11.0 Å². The monoisotopic (exact) mass is 522 g/mol. The average Bonchev–Trinajstić information content (AvgIpc) is 2.92. The number of aliphatic imine (C=N–C) groups is 1. The lowest BCUT2D eigenvalue weighted by Gasteiger charge is -2.22. The van der Waals surface area contributed by atoms with E-state index in [2.05, 4.69) is 31.6 Å². The Balaban J connectivity index is 1.58. The van der Waals surface area contributed by atoms with Crippen molar-refractivity contribution in [2.24, 2.45) is 4.99 Å². The third kappa shape index (κ3) is 5.17. The predicted molar refractivity (Wildman–Crippen MR) is 135 cm³/mol. The number of nitrogens with zero attached hydrogens (tertiary/aromatic N) is 2. The van der Waals surface area contributed by atoms with Crippen LogP contribution in [0.25, 0.3) is 0 Å². The van der Waals surface area contributed by atoms with E-state index in [-0.39, 0.29) is 11.6 Å².